The van der Waals surface area contributed by atoms with Crippen LogP contribution in [-0.4, -0.2) is 42.9 Å². The molecule has 0 radical (unpaired) electrons. The van der Waals surface area contributed by atoms with Crippen molar-refractivity contribution < 1.29 is 26.3 Å². The van der Waals surface area contributed by atoms with Gasteiger partial charge in [-0.3, -0.25) is 0 Å². The van der Waals surface area contributed by atoms with Crippen molar-refractivity contribution in [2.24, 2.45) is 5.10 Å². The number of nitrogens with zero attached hydrogens (tertiary/aromatic N) is 4. The highest BCUT2D eigenvalue weighted by molar-refractivity contribution is 7.90. The lowest BCUT2D eigenvalue weighted by Crippen LogP contribution is -2.15. The van der Waals surface area contributed by atoms with E-state index in [0.717, 1.165) is 6.21 Å². The third-order valence-corrected chi connectivity index (χ3v) is 3.57. The van der Waals surface area contributed by atoms with Crippen molar-refractivity contribution in [3.8, 4) is 5.75 Å². The number of rotatable bonds is 4. The summed E-state index contributed by atoms with van der Waals surface area (Å²) < 4.78 is 67.0. The molecule has 0 atom stereocenters. The molecule has 7 nitrogen and oxygen atoms in total. The second-order valence-corrected chi connectivity index (χ2v) is 6.28. The monoisotopic (exact) mass is 348 g/mol. The largest absolute Gasteiger partial charge is 0.496 e. The number of alkyl halides is 3. The Balaban J connectivity index is 2.58. The molecule has 0 aliphatic rings. The number of sulfone groups is 1. The van der Waals surface area contributed by atoms with E-state index >= 15 is 0 Å². The van der Waals surface area contributed by atoms with Gasteiger partial charge in [-0.1, -0.05) is 12.1 Å². The average Bonchev–Trinajstić information content (AvgIpc) is 2.89. The van der Waals surface area contributed by atoms with Gasteiger partial charge in [0.2, 0.25) is 9.84 Å². The van der Waals surface area contributed by atoms with Crippen LogP contribution < -0.4 is 4.74 Å². The van der Waals surface area contributed by atoms with Crippen LogP contribution in [0.2, 0.25) is 0 Å². The maximum atomic E-state index is 12.9. The lowest BCUT2D eigenvalue weighted by Gasteiger charge is -2.07. The molecule has 1 heterocycles. The third kappa shape index (κ3) is 3.67. The molecular weight excluding hydrogens is 337 g/mol. The Hall–Kier alpha value is -2.43. The number of methoxy groups -OCH3 is 1. The second-order valence-electron chi connectivity index (χ2n) is 4.37. The minimum atomic E-state index is -4.91. The SMILES string of the molecule is COc1ccccc1/C=N/n1c(C(F)(F)F)nnc1S(C)(=O)=O. The summed E-state index contributed by atoms with van der Waals surface area (Å²) in [5.74, 6) is -1.18. The fourth-order valence-corrected chi connectivity index (χ4v) is 2.31. The first-order valence-electron chi connectivity index (χ1n) is 6.04. The molecule has 1 aromatic carbocycles. The smallest absolute Gasteiger partial charge is 0.453 e. The van der Waals surface area contributed by atoms with E-state index < -0.39 is 27.0 Å². The minimum Gasteiger partial charge on any atom is -0.496 e. The summed E-state index contributed by atoms with van der Waals surface area (Å²) in [5, 5.41) is 8.60. The van der Waals surface area contributed by atoms with E-state index in [2.05, 4.69) is 15.3 Å². The highest BCUT2D eigenvalue weighted by Crippen LogP contribution is 2.29. The zero-order chi connectivity index (χ0) is 17.3. The molecule has 2 aromatic rings. The lowest BCUT2D eigenvalue weighted by molar-refractivity contribution is -0.147. The number of benzene rings is 1. The summed E-state index contributed by atoms with van der Waals surface area (Å²) in [5.41, 5.74) is 0.358. The number of ether oxygens (including phenoxy) is 1. The van der Waals surface area contributed by atoms with E-state index in [9.17, 15) is 21.6 Å². The van der Waals surface area contributed by atoms with Crippen LogP contribution in [0, 0.1) is 0 Å². The van der Waals surface area contributed by atoms with Crippen molar-refractivity contribution in [3.63, 3.8) is 0 Å². The fourth-order valence-electron chi connectivity index (χ4n) is 1.67. The number of para-hydroxylation sites is 1. The number of hydrogen-bond donors (Lipinski definition) is 0. The predicted molar refractivity (Wildman–Crippen MR) is 74.1 cm³/mol. The Morgan fingerprint density at radius 3 is 2.48 bits per heavy atom. The average molecular weight is 348 g/mol. The third-order valence-electron chi connectivity index (χ3n) is 2.65. The number of hydrogen-bond acceptors (Lipinski definition) is 6. The molecule has 2 rings (SSSR count). The van der Waals surface area contributed by atoms with Gasteiger partial charge < -0.3 is 4.74 Å². The number of halogens is 3. The van der Waals surface area contributed by atoms with Crippen LogP contribution in [0.1, 0.15) is 11.4 Å². The highest BCUT2D eigenvalue weighted by Gasteiger charge is 2.40. The molecule has 23 heavy (non-hydrogen) atoms. The summed E-state index contributed by atoms with van der Waals surface area (Å²) in [7, 11) is -2.67. The first-order valence-corrected chi connectivity index (χ1v) is 7.94. The van der Waals surface area contributed by atoms with Crippen molar-refractivity contribution in [1.82, 2.24) is 14.9 Å². The van der Waals surface area contributed by atoms with E-state index in [4.69, 9.17) is 4.74 Å². The topological polar surface area (TPSA) is 86.4 Å². The van der Waals surface area contributed by atoms with Crippen LogP contribution in [0.25, 0.3) is 0 Å². The molecule has 1 aromatic heterocycles. The summed E-state index contributed by atoms with van der Waals surface area (Å²) in [6, 6.07) is 6.41. The van der Waals surface area contributed by atoms with Crippen LogP contribution in [0.5, 0.6) is 5.75 Å². The van der Waals surface area contributed by atoms with Gasteiger partial charge in [-0.25, -0.2) is 8.42 Å². The van der Waals surface area contributed by atoms with E-state index in [1.54, 1.807) is 24.3 Å². The van der Waals surface area contributed by atoms with E-state index in [1.807, 2.05) is 0 Å². The van der Waals surface area contributed by atoms with Gasteiger partial charge in [-0.2, -0.15) is 22.9 Å². The number of aromatic nitrogens is 3. The lowest BCUT2D eigenvalue weighted by atomic mass is 10.2. The molecule has 0 N–H and O–H groups in total. The molecule has 0 unspecified atom stereocenters. The summed E-state index contributed by atoms with van der Waals surface area (Å²) in [6.45, 7) is 0. The van der Waals surface area contributed by atoms with Gasteiger partial charge in [0.1, 0.15) is 5.75 Å². The Kier molecular flexibility index (Phi) is 4.41. The Morgan fingerprint density at radius 1 is 1.26 bits per heavy atom. The highest BCUT2D eigenvalue weighted by atomic mass is 32.2. The van der Waals surface area contributed by atoms with Crippen LogP contribution in [0.15, 0.2) is 34.5 Å². The fraction of sp³-hybridized carbons (Fsp3) is 0.250. The quantitative estimate of drug-likeness (QED) is 0.783. The van der Waals surface area contributed by atoms with Gasteiger partial charge in [-0.05, 0) is 12.1 Å². The molecule has 0 aliphatic heterocycles. The van der Waals surface area contributed by atoms with E-state index in [0.29, 0.717) is 17.6 Å². The molecular formula is C12H11F3N4O3S. The van der Waals surface area contributed by atoms with Crippen molar-refractivity contribution in [2.75, 3.05) is 13.4 Å². The van der Waals surface area contributed by atoms with Crippen LogP contribution in [0.3, 0.4) is 0 Å². The maximum Gasteiger partial charge on any atom is 0.453 e. The first-order chi connectivity index (χ1) is 10.6. The minimum absolute atomic E-state index is 0.141. The van der Waals surface area contributed by atoms with Crippen molar-refractivity contribution in [1.29, 1.82) is 0 Å². The molecule has 0 amide bonds. The predicted octanol–water partition coefficient (Wildman–Crippen LogP) is 1.59. The second kappa shape index (κ2) is 5.99. The van der Waals surface area contributed by atoms with Gasteiger partial charge >= 0.3 is 6.18 Å². The first kappa shape index (κ1) is 16.9. The van der Waals surface area contributed by atoms with Gasteiger partial charge in [0.05, 0.1) is 13.3 Å². The summed E-state index contributed by atoms with van der Waals surface area (Å²) in [4.78, 5) is 0. The van der Waals surface area contributed by atoms with Crippen molar-refractivity contribution in [2.45, 2.75) is 11.3 Å². The standard InChI is InChI=1S/C12H11F3N4O3S/c1-22-9-6-4-3-5-8(9)7-16-19-10(12(13,14)15)17-18-11(19)23(2,20)21/h3-7H,1-2H3/b16-7+. The van der Waals surface area contributed by atoms with Gasteiger partial charge in [-0.15, -0.1) is 10.2 Å². The van der Waals surface area contributed by atoms with E-state index in [-0.39, 0.29) is 4.68 Å². The zero-order valence-corrected chi connectivity index (χ0v) is 12.8. The molecule has 0 saturated carbocycles. The van der Waals surface area contributed by atoms with Gasteiger partial charge in [0.15, 0.2) is 0 Å². The molecule has 0 bridgehead atoms. The Labute approximate surface area is 129 Å². The normalized spacial score (nSPS) is 12.7. The summed E-state index contributed by atoms with van der Waals surface area (Å²) >= 11 is 0. The molecule has 0 spiro atoms. The van der Waals surface area contributed by atoms with Crippen LogP contribution in [0.4, 0.5) is 13.2 Å². The maximum absolute atomic E-state index is 12.9. The molecule has 124 valence electrons. The molecule has 0 fully saturated rings. The molecule has 0 saturated heterocycles. The van der Waals surface area contributed by atoms with Crippen molar-refractivity contribution >= 4 is 16.1 Å². The van der Waals surface area contributed by atoms with E-state index in [1.165, 1.54) is 7.11 Å². The van der Waals surface area contributed by atoms with Gasteiger partial charge in [0, 0.05) is 11.8 Å². The van der Waals surface area contributed by atoms with Crippen molar-refractivity contribution in [3.05, 3.63) is 35.7 Å². The van der Waals surface area contributed by atoms with Crippen LogP contribution >= 0.6 is 0 Å². The molecule has 0 aliphatic carbocycles. The zero-order valence-electron chi connectivity index (χ0n) is 11.9. The molecule has 11 heteroatoms. The van der Waals surface area contributed by atoms with Crippen LogP contribution in [-0.2, 0) is 16.0 Å². The Morgan fingerprint density at radius 2 is 1.91 bits per heavy atom. The Bertz CT molecular complexity index is 843. The van der Waals surface area contributed by atoms with Gasteiger partial charge in [0.25, 0.3) is 11.0 Å². The summed E-state index contributed by atoms with van der Waals surface area (Å²) in [6.07, 6.45) is -3.16.